The van der Waals surface area contributed by atoms with Crippen molar-refractivity contribution in [3.63, 3.8) is 0 Å². The Bertz CT molecular complexity index is 524. The Kier molecular flexibility index (Phi) is 4.75. The third kappa shape index (κ3) is 3.24. The highest BCUT2D eigenvalue weighted by atomic mass is 19.1. The molecule has 1 heterocycles. The molecule has 1 N–H and O–H groups in total. The number of benzene rings is 1. The van der Waals surface area contributed by atoms with Crippen molar-refractivity contribution in [2.75, 3.05) is 13.7 Å². The zero-order valence-corrected chi connectivity index (χ0v) is 13.5. The smallest absolute Gasteiger partial charge is 0.407 e. The van der Waals surface area contributed by atoms with Gasteiger partial charge in [0.05, 0.1) is 12.1 Å². The minimum Gasteiger partial charge on any atom is -0.465 e. The van der Waals surface area contributed by atoms with Crippen LogP contribution in [-0.4, -0.2) is 41.9 Å². The number of carboxylic acid groups (broad SMARTS) is 1. The predicted octanol–water partition coefficient (Wildman–Crippen LogP) is 3.72. The van der Waals surface area contributed by atoms with Crippen LogP contribution in [-0.2, 0) is 4.74 Å². The lowest BCUT2D eigenvalue weighted by atomic mass is 9.73. The number of hydrogen-bond acceptors (Lipinski definition) is 2. The van der Waals surface area contributed by atoms with Gasteiger partial charge in [-0.3, -0.25) is 0 Å². The van der Waals surface area contributed by atoms with Crippen molar-refractivity contribution in [3.05, 3.63) is 35.6 Å². The Morgan fingerprint density at radius 2 is 1.91 bits per heavy atom. The Morgan fingerprint density at radius 3 is 2.36 bits per heavy atom. The van der Waals surface area contributed by atoms with Crippen LogP contribution in [0.4, 0.5) is 9.18 Å². The second-order valence-corrected chi connectivity index (χ2v) is 6.93. The molecule has 1 saturated heterocycles. The molecule has 122 valence electrons. The molecule has 0 bridgehead atoms. The van der Waals surface area contributed by atoms with Gasteiger partial charge in [0.2, 0.25) is 0 Å². The summed E-state index contributed by atoms with van der Waals surface area (Å²) in [5, 5.41) is 9.50. The van der Waals surface area contributed by atoms with E-state index in [0.717, 1.165) is 5.56 Å². The van der Waals surface area contributed by atoms with Crippen molar-refractivity contribution in [2.45, 2.75) is 45.3 Å². The maximum atomic E-state index is 13.1. The molecule has 5 heteroatoms. The van der Waals surface area contributed by atoms with Gasteiger partial charge in [0, 0.05) is 19.6 Å². The molecule has 1 aromatic carbocycles. The van der Waals surface area contributed by atoms with Crippen molar-refractivity contribution in [1.29, 1.82) is 0 Å². The summed E-state index contributed by atoms with van der Waals surface area (Å²) in [5.41, 5.74) is 0.741. The van der Waals surface area contributed by atoms with E-state index in [2.05, 4.69) is 0 Å². The van der Waals surface area contributed by atoms with Gasteiger partial charge in [-0.25, -0.2) is 9.18 Å². The van der Waals surface area contributed by atoms with Crippen LogP contribution in [0.3, 0.4) is 0 Å². The van der Waals surface area contributed by atoms with E-state index in [-0.39, 0.29) is 29.3 Å². The van der Waals surface area contributed by atoms with Gasteiger partial charge in [0.1, 0.15) is 5.82 Å². The molecular formula is C17H24FNO3. The number of ether oxygens (including phenoxy) is 1. The van der Waals surface area contributed by atoms with E-state index in [0.29, 0.717) is 13.0 Å². The average molecular weight is 309 g/mol. The molecule has 1 amide bonds. The molecular weight excluding hydrogens is 285 g/mol. The minimum atomic E-state index is -0.917. The molecule has 1 unspecified atom stereocenters. The first-order chi connectivity index (χ1) is 10.3. The van der Waals surface area contributed by atoms with Crippen molar-refractivity contribution in [3.8, 4) is 0 Å². The van der Waals surface area contributed by atoms with Crippen LogP contribution in [0.1, 0.15) is 38.7 Å². The lowest BCUT2D eigenvalue weighted by Crippen LogP contribution is -2.59. The standard InChI is InChI=1S/C17H24FNO3/c1-17(2,3)15-14(22-4)13(9-10-19(15)16(20)21)11-5-7-12(18)8-6-11/h5-8,13-15H,9-10H2,1-4H3,(H,20,21)/t13-,14-,15?/m1/s1. The fourth-order valence-electron chi connectivity index (χ4n) is 3.51. The van der Waals surface area contributed by atoms with Gasteiger partial charge in [-0.05, 0) is 29.5 Å². The van der Waals surface area contributed by atoms with Crippen LogP contribution in [0.25, 0.3) is 0 Å². The molecule has 0 radical (unpaired) electrons. The number of nitrogens with zero attached hydrogens (tertiary/aromatic N) is 1. The van der Waals surface area contributed by atoms with E-state index < -0.39 is 6.09 Å². The van der Waals surface area contributed by atoms with E-state index in [1.165, 1.54) is 17.0 Å². The van der Waals surface area contributed by atoms with Crippen LogP contribution in [0.2, 0.25) is 0 Å². The Labute approximate surface area is 130 Å². The second-order valence-electron chi connectivity index (χ2n) is 6.93. The zero-order chi connectivity index (χ0) is 16.5. The fraction of sp³-hybridized carbons (Fsp3) is 0.588. The van der Waals surface area contributed by atoms with Crippen LogP contribution >= 0.6 is 0 Å². The van der Waals surface area contributed by atoms with Crippen LogP contribution in [0, 0.1) is 11.2 Å². The van der Waals surface area contributed by atoms with Gasteiger partial charge in [0.15, 0.2) is 0 Å². The first-order valence-corrected chi connectivity index (χ1v) is 7.53. The molecule has 0 spiro atoms. The van der Waals surface area contributed by atoms with Crippen molar-refractivity contribution < 1.29 is 19.0 Å². The quantitative estimate of drug-likeness (QED) is 0.905. The maximum Gasteiger partial charge on any atom is 0.407 e. The largest absolute Gasteiger partial charge is 0.465 e. The number of methoxy groups -OCH3 is 1. The molecule has 0 saturated carbocycles. The fourth-order valence-corrected chi connectivity index (χ4v) is 3.51. The van der Waals surface area contributed by atoms with Gasteiger partial charge < -0.3 is 14.7 Å². The number of hydrogen-bond donors (Lipinski definition) is 1. The van der Waals surface area contributed by atoms with Crippen LogP contribution < -0.4 is 0 Å². The topological polar surface area (TPSA) is 49.8 Å². The lowest BCUT2D eigenvalue weighted by Gasteiger charge is -2.49. The zero-order valence-electron chi connectivity index (χ0n) is 13.5. The van der Waals surface area contributed by atoms with E-state index >= 15 is 0 Å². The lowest BCUT2D eigenvalue weighted by molar-refractivity contribution is -0.0640. The molecule has 0 aromatic heterocycles. The van der Waals surface area contributed by atoms with Gasteiger partial charge >= 0.3 is 6.09 Å². The van der Waals surface area contributed by atoms with Crippen LogP contribution in [0.15, 0.2) is 24.3 Å². The third-order valence-electron chi connectivity index (χ3n) is 4.43. The molecule has 22 heavy (non-hydrogen) atoms. The Hall–Kier alpha value is -1.62. The van der Waals surface area contributed by atoms with Gasteiger partial charge in [-0.15, -0.1) is 0 Å². The predicted molar refractivity (Wildman–Crippen MR) is 82.5 cm³/mol. The van der Waals surface area contributed by atoms with E-state index in [1.807, 2.05) is 20.8 Å². The first-order valence-electron chi connectivity index (χ1n) is 7.53. The first kappa shape index (κ1) is 16.7. The SMILES string of the molecule is CO[C@H]1C(C(C)(C)C)N(C(=O)O)CC[C@@H]1c1ccc(F)cc1. The maximum absolute atomic E-state index is 13.1. The molecule has 2 rings (SSSR count). The summed E-state index contributed by atoms with van der Waals surface area (Å²) in [6.45, 7) is 6.52. The summed E-state index contributed by atoms with van der Waals surface area (Å²) in [4.78, 5) is 13.1. The highest BCUT2D eigenvalue weighted by molar-refractivity contribution is 5.66. The molecule has 3 atom stereocenters. The number of piperidine rings is 1. The Balaban J connectivity index is 2.38. The highest BCUT2D eigenvalue weighted by Gasteiger charge is 2.46. The van der Waals surface area contributed by atoms with Crippen molar-refractivity contribution in [1.82, 2.24) is 4.90 Å². The summed E-state index contributed by atoms with van der Waals surface area (Å²) >= 11 is 0. The van der Waals surface area contributed by atoms with Crippen molar-refractivity contribution in [2.24, 2.45) is 5.41 Å². The number of halogens is 1. The summed E-state index contributed by atoms with van der Waals surface area (Å²) in [6.07, 6.45) is -0.502. The van der Waals surface area contributed by atoms with E-state index in [4.69, 9.17) is 4.74 Å². The molecule has 1 aromatic rings. The summed E-state index contributed by atoms with van der Waals surface area (Å²) in [7, 11) is 1.62. The van der Waals surface area contributed by atoms with Crippen molar-refractivity contribution >= 4 is 6.09 Å². The number of carbonyl (C=O) groups is 1. The van der Waals surface area contributed by atoms with Gasteiger partial charge in [-0.1, -0.05) is 32.9 Å². The average Bonchev–Trinajstić information content (AvgIpc) is 2.45. The normalized spacial score (nSPS) is 26.0. The highest BCUT2D eigenvalue weighted by Crippen LogP contribution is 2.40. The summed E-state index contributed by atoms with van der Waals surface area (Å²) < 4.78 is 18.9. The summed E-state index contributed by atoms with van der Waals surface area (Å²) in [6, 6.07) is 6.17. The van der Waals surface area contributed by atoms with Gasteiger partial charge in [0.25, 0.3) is 0 Å². The van der Waals surface area contributed by atoms with E-state index in [1.54, 1.807) is 19.2 Å². The van der Waals surface area contributed by atoms with Crippen LogP contribution in [0.5, 0.6) is 0 Å². The number of likely N-dealkylation sites (tertiary alicyclic amines) is 1. The second kappa shape index (κ2) is 6.24. The molecule has 0 aliphatic carbocycles. The summed E-state index contributed by atoms with van der Waals surface area (Å²) in [5.74, 6) is -0.210. The number of amides is 1. The number of rotatable bonds is 2. The molecule has 1 fully saturated rings. The monoisotopic (exact) mass is 309 g/mol. The van der Waals surface area contributed by atoms with E-state index in [9.17, 15) is 14.3 Å². The van der Waals surface area contributed by atoms with Gasteiger partial charge in [-0.2, -0.15) is 0 Å². The minimum absolute atomic E-state index is 0.0606. The molecule has 1 aliphatic rings. The third-order valence-corrected chi connectivity index (χ3v) is 4.43. The molecule has 1 aliphatic heterocycles. The molecule has 4 nitrogen and oxygen atoms in total. The Morgan fingerprint density at radius 1 is 1.32 bits per heavy atom.